The minimum Gasteiger partial charge on any atom is -0.337 e. The van der Waals surface area contributed by atoms with Crippen LogP contribution in [-0.4, -0.2) is 62.0 Å². The molecule has 1 aromatic heterocycles. The molecule has 0 aliphatic carbocycles. The molecule has 2 aromatic carbocycles. The summed E-state index contributed by atoms with van der Waals surface area (Å²) in [6.07, 6.45) is 1.57. The van der Waals surface area contributed by atoms with E-state index in [1.165, 1.54) is 0 Å². The van der Waals surface area contributed by atoms with Crippen molar-refractivity contribution >= 4 is 26.6 Å². The lowest BCUT2D eigenvalue weighted by atomic mass is 10.2. The highest BCUT2D eigenvalue weighted by atomic mass is 32.2. The third kappa shape index (κ3) is 4.05. The fraction of sp³-hybridized carbons (Fsp3) is 0.286. The van der Waals surface area contributed by atoms with Gasteiger partial charge in [-0.2, -0.15) is 0 Å². The number of carbonyl (C=O) groups excluding carboxylic acids is 1. The van der Waals surface area contributed by atoms with Gasteiger partial charge in [-0.25, -0.2) is 13.4 Å². The lowest BCUT2D eigenvalue weighted by molar-refractivity contribution is -0.127. The molecule has 29 heavy (non-hydrogen) atoms. The quantitative estimate of drug-likeness (QED) is 0.691. The average Bonchev–Trinajstić information content (AvgIpc) is 3.10. The maximum Gasteiger partial charge on any atom is 0.254 e. The van der Waals surface area contributed by atoms with E-state index in [4.69, 9.17) is 0 Å². The Morgan fingerprint density at radius 3 is 2.34 bits per heavy atom. The van der Waals surface area contributed by atoms with Gasteiger partial charge in [0.1, 0.15) is 6.54 Å². The van der Waals surface area contributed by atoms with Crippen molar-refractivity contribution in [3.05, 3.63) is 60.8 Å². The molecule has 8 heteroatoms. The van der Waals surface area contributed by atoms with Crippen LogP contribution >= 0.6 is 0 Å². The van der Waals surface area contributed by atoms with Crippen LogP contribution in [0.5, 0.6) is 0 Å². The molecule has 1 aliphatic heterocycles. The monoisotopic (exact) mass is 412 g/mol. The number of nitrogens with zero attached hydrogens (tertiary/aromatic N) is 3. The standard InChI is InChI=1S/C21H24N4O3S/c1-23-11-13-25(14-12-23)22-21(26)16-24-15-20(18-9-5-6-10-19(18)24)29(27,28)17-7-3-2-4-8-17/h2-10,15H,11-14,16H2,1H3,(H,22,26). The molecule has 1 aliphatic rings. The molecule has 0 bridgehead atoms. The number of rotatable bonds is 5. The number of fused-ring (bicyclic) bond motifs is 1. The fourth-order valence-electron chi connectivity index (χ4n) is 3.57. The third-order valence-corrected chi connectivity index (χ3v) is 6.99. The van der Waals surface area contributed by atoms with Gasteiger partial charge in [-0.1, -0.05) is 36.4 Å². The van der Waals surface area contributed by atoms with Crippen LogP contribution in [0.2, 0.25) is 0 Å². The van der Waals surface area contributed by atoms with E-state index in [1.54, 1.807) is 53.2 Å². The first kappa shape index (κ1) is 19.6. The van der Waals surface area contributed by atoms with E-state index >= 15 is 0 Å². The molecule has 4 rings (SSSR count). The summed E-state index contributed by atoms with van der Waals surface area (Å²) in [6, 6.07) is 15.6. The zero-order chi connectivity index (χ0) is 20.4. The molecular weight excluding hydrogens is 388 g/mol. The lowest BCUT2D eigenvalue weighted by Crippen LogP contribution is -2.53. The van der Waals surface area contributed by atoms with Gasteiger partial charge in [-0.15, -0.1) is 0 Å². The molecule has 0 radical (unpaired) electrons. The van der Waals surface area contributed by atoms with Gasteiger partial charge >= 0.3 is 0 Å². The van der Waals surface area contributed by atoms with E-state index in [-0.39, 0.29) is 22.2 Å². The van der Waals surface area contributed by atoms with Crippen LogP contribution in [0.1, 0.15) is 0 Å². The maximum atomic E-state index is 13.2. The Hall–Kier alpha value is -2.68. The highest BCUT2D eigenvalue weighted by molar-refractivity contribution is 7.91. The molecule has 0 unspecified atom stereocenters. The number of likely N-dealkylation sites (N-methyl/N-ethyl adjacent to an activating group) is 1. The number of carbonyl (C=O) groups is 1. The molecule has 0 spiro atoms. The predicted molar refractivity (Wildman–Crippen MR) is 111 cm³/mol. The third-order valence-electron chi connectivity index (χ3n) is 5.20. The molecule has 3 aromatic rings. The van der Waals surface area contributed by atoms with Crippen molar-refractivity contribution < 1.29 is 13.2 Å². The van der Waals surface area contributed by atoms with E-state index in [9.17, 15) is 13.2 Å². The van der Waals surface area contributed by atoms with E-state index < -0.39 is 9.84 Å². The first-order valence-corrected chi connectivity index (χ1v) is 11.0. The molecule has 1 saturated heterocycles. The molecular formula is C21H24N4O3S. The van der Waals surface area contributed by atoms with E-state index in [0.717, 1.165) is 31.7 Å². The molecule has 1 fully saturated rings. The van der Waals surface area contributed by atoms with Crippen LogP contribution in [0.4, 0.5) is 0 Å². The maximum absolute atomic E-state index is 13.2. The van der Waals surface area contributed by atoms with Gasteiger partial charge in [0.05, 0.1) is 9.79 Å². The Kier molecular flexibility index (Phi) is 5.40. The Morgan fingerprint density at radius 1 is 0.966 bits per heavy atom. The Morgan fingerprint density at radius 2 is 1.62 bits per heavy atom. The van der Waals surface area contributed by atoms with Gasteiger partial charge in [-0.3, -0.25) is 10.2 Å². The largest absolute Gasteiger partial charge is 0.337 e. The van der Waals surface area contributed by atoms with Gasteiger partial charge in [0, 0.05) is 43.3 Å². The van der Waals surface area contributed by atoms with Crippen molar-refractivity contribution in [2.45, 2.75) is 16.3 Å². The number of benzene rings is 2. The number of hydrogen-bond acceptors (Lipinski definition) is 5. The van der Waals surface area contributed by atoms with Gasteiger partial charge < -0.3 is 9.47 Å². The lowest BCUT2D eigenvalue weighted by Gasteiger charge is -2.32. The summed E-state index contributed by atoms with van der Waals surface area (Å²) < 4.78 is 28.0. The minimum atomic E-state index is -3.68. The highest BCUT2D eigenvalue weighted by Crippen LogP contribution is 2.30. The van der Waals surface area contributed by atoms with Crippen LogP contribution < -0.4 is 5.43 Å². The molecule has 2 heterocycles. The van der Waals surface area contributed by atoms with Crippen molar-refractivity contribution in [3.63, 3.8) is 0 Å². The average molecular weight is 413 g/mol. The Balaban J connectivity index is 1.62. The summed E-state index contributed by atoms with van der Waals surface area (Å²) in [5.74, 6) is -0.168. The number of hydrogen-bond donors (Lipinski definition) is 1. The molecule has 1 amide bonds. The summed E-state index contributed by atoms with van der Waals surface area (Å²) in [5, 5.41) is 2.53. The first-order valence-electron chi connectivity index (χ1n) is 9.56. The zero-order valence-electron chi connectivity index (χ0n) is 16.3. The molecule has 152 valence electrons. The SMILES string of the molecule is CN1CCN(NC(=O)Cn2cc(S(=O)(=O)c3ccccc3)c3ccccc32)CC1. The molecule has 0 saturated carbocycles. The van der Waals surface area contributed by atoms with Gasteiger partial charge in [0.2, 0.25) is 9.84 Å². The first-order chi connectivity index (χ1) is 13.9. The topological polar surface area (TPSA) is 74.7 Å². The Bertz CT molecular complexity index is 1120. The summed E-state index contributed by atoms with van der Waals surface area (Å²) >= 11 is 0. The van der Waals surface area contributed by atoms with Crippen molar-refractivity contribution in [3.8, 4) is 0 Å². The van der Waals surface area contributed by atoms with Crippen LogP contribution in [0, 0.1) is 0 Å². The second-order valence-corrected chi connectivity index (χ2v) is 9.20. The number of para-hydroxylation sites is 1. The number of amides is 1. The summed E-state index contributed by atoms with van der Waals surface area (Å²) in [5.41, 5.74) is 3.65. The summed E-state index contributed by atoms with van der Waals surface area (Å²) in [7, 11) is -1.63. The summed E-state index contributed by atoms with van der Waals surface area (Å²) in [4.78, 5) is 15.3. The predicted octanol–water partition coefficient (Wildman–Crippen LogP) is 1.75. The normalized spacial score (nSPS) is 16.2. The van der Waals surface area contributed by atoms with Crippen molar-refractivity contribution in [1.82, 2.24) is 19.9 Å². The zero-order valence-corrected chi connectivity index (χ0v) is 17.1. The van der Waals surface area contributed by atoms with E-state index in [2.05, 4.69) is 17.4 Å². The smallest absolute Gasteiger partial charge is 0.254 e. The van der Waals surface area contributed by atoms with E-state index in [1.807, 2.05) is 17.1 Å². The van der Waals surface area contributed by atoms with Crippen LogP contribution in [-0.2, 0) is 21.2 Å². The second-order valence-electron chi connectivity index (χ2n) is 7.28. The summed E-state index contributed by atoms with van der Waals surface area (Å²) in [6.45, 7) is 3.38. The number of sulfone groups is 1. The van der Waals surface area contributed by atoms with Crippen molar-refractivity contribution in [1.29, 1.82) is 0 Å². The van der Waals surface area contributed by atoms with Gasteiger partial charge in [-0.05, 0) is 25.2 Å². The van der Waals surface area contributed by atoms with Crippen LogP contribution in [0.25, 0.3) is 10.9 Å². The van der Waals surface area contributed by atoms with Gasteiger partial charge in [0.25, 0.3) is 5.91 Å². The minimum absolute atomic E-state index is 0.0527. The second kappa shape index (κ2) is 7.98. The number of aromatic nitrogens is 1. The highest BCUT2D eigenvalue weighted by Gasteiger charge is 2.24. The van der Waals surface area contributed by atoms with Crippen molar-refractivity contribution in [2.75, 3.05) is 33.2 Å². The molecule has 1 N–H and O–H groups in total. The molecule has 7 nitrogen and oxygen atoms in total. The van der Waals surface area contributed by atoms with Crippen molar-refractivity contribution in [2.24, 2.45) is 0 Å². The number of hydrazine groups is 1. The number of piperazine rings is 1. The number of nitrogens with one attached hydrogen (secondary N) is 1. The van der Waals surface area contributed by atoms with E-state index in [0.29, 0.717) is 5.39 Å². The fourth-order valence-corrected chi connectivity index (χ4v) is 5.07. The van der Waals surface area contributed by atoms with Gasteiger partial charge in [0.15, 0.2) is 0 Å². The van der Waals surface area contributed by atoms with Crippen LogP contribution in [0.15, 0.2) is 70.6 Å². The van der Waals surface area contributed by atoms with Crippen LogP contribution in [0.3, 0.4) is 0 Å². The Labute approximate surface area is 170 Å². The molecule has 0 atom stereocenters.